The van der Waals surface area contributed by atoms with Gasteiger partial charge < -0.3 is 14.5 Å². The van der Waals surface area contributed by atoms with E-state index in [0.717, 1.165) is 19.5 Å². The van der Waals surface area contributed by atoms with E-state index in [1.807, 2.05) is 14.1 Å². The zero-order valence-electron chi connectivity index (χ0n) is 14.5. The summed E-state index contributed by atoms with van der Waals surface area (Å²) >= 11 is 0. The predicted molar refractivity (Wildman–Crippen MR) is 94.0 cm³/mol. The molecule has 0 radical (unpaired) electrons. The summed E-state index contributed by atoms with van der Waals surface area (Å²) in [6.07, 6.45) is 1.38. The highest BCUT2D eigenvalue weighted by molar-refractivity contribution is 5.85. The van der Waals surface area contributed by atoms with E-state index in [0.29, 0.717) is 25.9 Å². The first-order chi connectivity index (χ1) is 11.3. The third-order valence-corrected chi connectivity index (χ3v) is 4.07. The zero-order chi connectivity index (χ0) is 17.9. The molecule has 3 nitrogen and oxygen atoms in total. The average molecular weight is 425 g/mol. The third kappa shape index (κ3) is 6.11. The maximum absolute atomic E-state index is 13.6. The minimum absolute atomic E-state index is 0. The Kier molecular flexibility index (Phi) is 10.8. The fourth-order valence-electron chi connectivity index (χ4n) is 2.72. The summed E-state index contributed by atoms with van der Waals surface area (Å²) in [6.45, 7) is 3.18. The summed E-state index contributed by atoms with van der Waals surface area (Å²) < 4.78 is 71.7. The van der Waals surface area contributed by atoms with Gasteiger partial charge in [-0.1, -0.05) is 0 Å². The maximum Gasteiger partial charge on any atom is 0.207 e. The molecule has 0 aromatic heterocycles. The highest BCUT2D eigenvalue weighted by Crippen LogP contribution is 2.31. The summed E-state index contributed by atoms with van der Waals surface area (Å²) in [5.74, 6) is -11.2. The molecule has 1 aliphatic heterocycles. The molecule has 0 aliphatic carbocycles. The smallest absolute Gasteiger partial charge is 0.207 e. The number of ether oxygens (including phenoxy) is 1. The molecule has 0 unspecified atom stereocenters. The van der Waals surface area contributed by atoms with Gasteiger partial charge in [0.1, 0.15) is 6.10 Å². The van der Waals surface area contributed by atoms with Crippen molar-refractivity contribution in [2.45, 2.75) is 25.4 Å². The number of hydrogen-bond donors (Lipinski definition) is 0. The van der Waals surface area contributed by atoms with Crippen LogP contribution in [0.5, 0.6) is 5.75 Å². The van der Waals surface area contributed by atoms with E-state index >= 15 is 0 Å². The van der Waals surface area contributed by atoms with Crippen LogP contribution in [0.3, 0.4) is 0 Å². The lowest BCUT2D eigenvalue weighted by molar-refractivity contribution is 0.0895. The molecular weight excluding hydrogens is 402 g/mol. The SMILES string of the molecule is CN(C)CCCN1CCC(Oc2c(F)c(F)c(F)c(F)c2F)CC1.Cl.Cl. The fourth-order valence-corrected chi connectivity index (χ4v) is 2.72. The molecule has 0 spiro atoms. The van der Waals surface area contributed by atoms with Crippen molar-refractivity contribution in [2.75, 3.05) is 40.3 Å². The number of benzene rings is 1. The van der Waals surface area contributed by atoms with Gasteiger partial charge >= 0.3 is 0 Å². The van der Waals surface area contributed by atoms with Gasteiger partial charge in [-0.2, -0.15) is 8.78 Å². The van der Waals surface area contributed by atoms with Crippen molar-refractivity contribution in [1.29, 1.82) is 0 Å². The van der Waals surface area contributed by atoms with Gasteiger partial charge in [-0.05, 0) is 46.4 Å². The van der Waals surface area contributed by atoms with E-state index in [1.54, 1.807) is 0 Å². The van der Waals surface area contributed by atoms with Crippen LogP contribution in [0.25, 0.3) is 0 Å². The van der Waals surface area contributed by atoms with Crippen molar-refractivity contribution in [2.24, 2.45) is 0 Å². The Morgan fingerprint density at radius 3 is 1.81 bits per heavy atom. The average Bonchev–Trinajstić information content (AvgIpc) is 2.56. The molecule has 1 aromatic carbocycles. The largest absolute Gasteiger partial charge is 0.484 e. The molecule has 1 aliphatic rings. The van der Waals surface area contributed by atoms with Gasteiger partial charge in [0.2, 0.25) is 29.1 Å². The van der Waals surface area contributed by atoms with Crippen LogP contribution in [0.1, 0.15) is 19.3 Å². The first-order valence-corrected chi connectivity index (χ1v) is 7.86. The molecule has 0 amide bonds. The summed E-state index contributed by atoms with van der Waals surface area (Å²) in [7, 11) is 3.98. The minimum Gasteiger partial charge on any atom is -0.484 e. The molecule has 152 valence electrons. The molecule has 0 atom stereocenters. The molecule has 10 heteroatoms. The highest BCUT2D eigenvalue weighted by Gasteiger charge is 2.30. The Bertz CT molecular complexity index is 555. The number of piperidine rings is 1. The van der Waals surface area contributed by atoms with Crippen molar-refractivity contribution in [3.05, 3.63) is 29.1 Å². The quantitative estimate of drug-likeness (QED) is 0.389. The monoisotopic (exact) mass is 424 g/mol. The number of rotatable bonds is 6. The van der Waals surface area contributed by atoms with Crippen LogP contribution in [0.2, 0.25) is 0 Å². The fraction of sp³-hybridized carbons (Fsp3) is 0.625. The van der Waals surface area contributed by atoms with E-state index in [-0.39, 0.29) is 24.8 Å². The Morgan fingerprint density at radius 2 is 1.35 bits per heavy atom. The van der Waals surface area contributed by atoms with Crippen LogP contribution in [0.4, 0.5) is 22.0 Å². The summed E-state index contributed by atoms with van der Waals surface area (Å²) in [6, 6.07) is 0. The summed E-state index contributed by atoms with van der Waals surface area (Å²) in [5.41, 5.74) is 0. The molecule has 1 heterocycles. The highest BCUT2D eigenvalue weighted by atomic mass is 35.5. The molecule has 26 heavy (non-hydrogen) atoms. The molecular formula is C16H23Cl2F5N2O. The van der Waals surface area contributed by atoms with E-state index in [4.69, 9.17) is 4.74 Å². The van der Waals surface area contributed by atoms with Crippen LogP contribution in [0, 0.1) is 29.1 Å². The van der Waals surface area contributed by atoms with Gasteiger partial charge in [0, 0.05) is 13.1 Å². The van der Waals surface area contributed by atoms with E-state index in [1.165, 1.54) is 0 Å². The van der Waals surface area contributed by atoms with Crippen LogP contribution in [-0.4, -0.2) is 56.2 Å². The van der Waals surface area contributed by atoms with E-state index < -0.39 is 40.9 Å². The van der Waals surface area contributed by atoms with E-state index in [2.05, 4.69) is 9.80 Å². The molecule has 1 aromatic rings. The van der Waals surface area contributed by atoms with Crippen LogP contribution >= 0.6 is 24.8 Å². The van der Waals surface area contributed by atoms with Crippen molar-refractivity contribution >= 4 is 24.8 Å². The van der Waals surface area contributed by atoms with Gasteiger partial charge in [0.05, 0.1) is 0 Å². The lowest BCUT2D eigenvalue weighted by atomic mass is 10.1. The van der Waals surface area contributed by atoms with Crippen molar-refractivity contribution in [3.63, 3.8) is 0 Å². The lowest BCUT2D eigenvalue weighted by Gasteiger charge is -2.32. The Morgan fingerprint density at radius 1 is 0.885 bits per heavy atom. The van der Waals surface area contributed by atoms with E-state index in [9.17, 15) is 22.0 Å². The Hall–Kier alpha value is -0.830. The zero-order valence-corrected chi connectivity index (χ0v) is 16.2. The van der Waals surface area contributed by atoms with Gasteiger partial charge in [-0.25, -0.2) is 13.2 Å². The van der Waals surface area contributed by atoms with Gasteiger partial charge in [-0.15, -0.1) is 24.8 Å². The minimum atomic E-state index is -2.17. The summed E-state index contributed by atoms with van der Waals surface area (Å²) in [5, 5.41) is 0. The second-order valence-electron chi connectivity index (χ2n) is 6.21. The van der Waals surface area contributed by atoms with Crippen LogP contribution in [-0.2, 0) is 0 Å². The number of nitrogens with zero attached hydrogens (tertiary/aromatic N) is 2. The Balaban J connectivity index is 0.00000312. The van der Waals surface area contributed by atoms with Crippen molar-refractivity contribution in [1.82, 2.24) is 9.80 Å². The molecule has 2 rings (SSSR count). The number of likely N-dealkylation sites (tertiary alicyclic amines) is 1. The first-order valence-electron chi connectivity index (χ1n) is 7.86. The van der Waals surface area contributed by atoms with Gasteiger partial charge in [-0.3, -0.25) is 0 Å². The van der Waals surface area contributed by atoms with Crippen LogP contribution < -0.4 is 4.74 Å². The lowest BCUT2D eigenvalue weighted by Crippen LogP contribution is -2.39. The second kappa shape index (κ2) is 11.1. The predicted octanol–water partition coefficient (Wildman–Crippen LogP) is 4.02. The topological polar surface area (TPSA) is 15.7 Å². The molecule has 1 fully saturated rings. The Labute approximate surface area is 162 Å². The number of hydrogen-bond acceptors (Lipinski definition) is 3. The van der Waals surface area contributed by atoms with Gasteiger partial charge in [0.15, 0.2) is 5.75 Å². The first kappa shape index (κ1) is 25.2. The third-order valence-electron chi connectivity index (χ3n) is 4.07. The molecule has 0 saturated carbocycles. The van der Waals surface area contributed by atoms with Gasteiger partial charge in [0.25, 0.3) is 0 Å². The summed E-state index contributed by atoms with van der Waals surface area (Å²) in [4.78, 5) is 4.28. The van der Waals surface area contributed by atoms with Crippen molar-refractivity contribution < 1.29 is 26.7 Å². The molecule has 0 bridgehead atoms. The van der Waals surface area contributed by atoms with Crippen LogP contribution in [0.15, 0.2) is 0 Å². The standard InChI is InChI=1S/C16H21F5N2O.2ClH/c1-22(2)6-3-7-23-8-4-10(5-9-23)24-16-14(20)12(18)11(17)13(19)15(16)21;;/h10H,3-9H2,1-2H3;2*1H. The normalized spacial score (nSPS) is 15.5. The number of halogens is 7. The van der Waals surface area contributed by atoms with Crippen molar-refractivity contribution in [3.8, 4) is 5.75 Å². The maximum atomic E-state index is 13.6. The molecule has 1 saturated heterocycles. The second-order valence-corrected chi connectivity index (χ2v) is 6.21. The molecule has 0 N–H and O–H groups in total.